The van der Waals surface area contributed by atoms with Crippen molar-refractivity contribution < 1.29 is 26.0 Å². The molecule has 2 rings (SSSR count). The van der Waals surface area contributed by atoms with Gasteiger partial charge < -0.3 is 4.42 Å². The summed E-state index contributed by atoms with van der Waals surface area (Å²) in [6.07, 6.45) is -1.43. The number of sulfonamides is 1. The van der Waals surface area contributed by atoms with Crippen LogP contribution in [0.3, 0.4) is 0 Å². The zero-order chi connectivity index (χ0) is 16.2. The Kier molecular flexibility index (Phi) is 4.87. The zero-order valence-corrected chi connectivity index (χ0v) is 12.1. The molecule has 0 spiro atoms. The molecule has 0 bridgehead atoms. The minimum Gasteiger partial charge on any atom is -0.464 e. The highest BCUT2D eigenvalue weighted by Gasteiger charge is 2.29. The summed E-state index contributed by atoms with van der Waals surface area (Å²) in [6, 6.07) is 5.06. The van der Waals surface area contributed by atoms with Crippen LogP contribution in [0.1, 0.15) is 12.0 Å². The topological polar surface area (TPSA) is 72.2 Å². The minimum absolute atomic E-state index is 0.137. The summed E-state index contributed by atoms with van der Waals surface area (Å²) in [5.41, 5.74) is 1.17. The van der Waals surface area contributed by atoms with Crippen LogP contribution in [-0.2, 0) is 16.6 Å². The van der Waals surface area contributed by atoms with Crippen molar-refractivity contribution in [2.24, 2.45) is 0 Å². The van der Waals surface area contributed by atoms with Gasteiger partial charge in [-0.15, -0.1) is 0 Å². The summed E-state index contributed by atoms with van der Waals surface area (Å²) in [5, 5.41) is 0. The monoisotopic (exact) mass is 334 g/mol. The lowest BCUT2D eigenvalue weighted by atomic mass is 10.2. The van der Waals surface area contributed by atoms with Crippen molar-refractivity contribution >= 4 is 10.0 Å². The van der Waals surface area contributed by atoms with Gasteiger partial charge in [-0.2, -0.15) is 13.2 Å². The summed E-state index contributed by atoms with van der Waals surface area (Å²) in [7, 11) is -4.00. The van der Waals surface area contributed by atoms with E-state index in [1.807, 2.05) is 0 Å². The molecule has 2 aromatic rings. The second kappa shape index (κ2) is 6.49. The quantitative estimate of drug-likeness (QED) is 0.882. The molecule has 2 aromatic heterocycles. The lowest BCUT2D eigenvalue weighted by Gasteiger charge is -2.09. The van der Waals surface area contributed by atoms with Crippen molar-refractivity contribution in [1.29, 1.82) is 0 Å². The minimum atomic E-state index is -4.50. The van der Waals surface area contributed by atoms with Crippen molar-refractivity contribution in [2.45, 2.75) is 19.1 Å². The Bertz CT molecular complexity index is 712. The van der Waals surface area contributed by atoms with E-state index < -0.39 is 28.4 Å². The molecule has 0 aliphatic carbocycles. The first-order valence-corrected chi connectivity index (χ1v) is 7.92. The summed E-state index contributed by atoms with van der Waals surface area (Å²) >= 11 is 0. The number of rotatable bonds is 6. The fourth-order valence-electron chi connectivity index (χ4n) is 1.68. The zero-order valence-electron chi connectivity index (χ0n) is 11.3. The van der Waals surface area contributed by atoms with Crippen LogP contribution in [0.15, 0.2) is 41.3 Å². The van der Waals surface area contributed by atoms with Gasteiger partial charge in [-0.1, -0.05) is 0 Å². The fourth-order valence-corrected chi connectivity index (χ4v) is 2.71. The molecule has 0 aliphatic rings. The first kappa shape index (κ1) is 16.5. The second-order valence-corrected chi connectivity index (χ2v) is 6.49. The molecule has 0 radical (unpaired) electrons. The molecule has 22 heavy (non-hydrogen) atoms. The van der Waals surface area contributed by atoms with E-state index in [0.717, 1.165) is 0 Å². The molecule has 120 valence electrons. The molecule has 0 aromatic carbocycles. The van der Waals surface area contributed by atoms with Crippen LogP contribution in [0.4, 0.5) is 13.2 Å². The first-order valence-electron chi connectivity index (χ1n) is 6.27. The van der Waals surface area contributed by atoms with Gasteiger partial charge in [-0.25, -0.2) is 13.1 Å². The third-order valence-corrected chi connectivity index (χ3v) is 4.08. The number of nitrogens with zero attached hydrogens (tertiary/aromatic N) is 1. The van der Waals surface area contributed by atoms with Crippen molar-refractivity contribution in [1.82, 2.24) is 9.71 Å². The van der Waals surface area contributed by atoms with Gasteiger partial charge >= 0.3 is 6.18 Å². The van der Waals surface area contributed by atoms with E-state index in [-0.39, 0.29) is 6.54 Å². The van der Waals surface area contributed by atoms with Crippen molar-refractivity contribution in [2.75, 3.05) is 5.75 Å². The number of alkyl halides is 3. The molecule has 0 fully saturated rings. The van der Waals surface area contributed by atoms with Gasteiger partial charge in [-0.3, -0.25) is 4.98 Å². The number of hydrogen-bond donors (Lipinski definition) is 1. The van der Waals surface area contributed by atoms with Crippen LogP contribution >= 0.6 is 0 Å². The molecule has 1 N–H and O–H groups in total. The van der Waals surface area contributed by atoms with Crippen LogP contribution in [0.5, 0.6) is 0 Å². The Morgan fingerprint density at radius 3 is 2.68 bits per heavy atom. The third kappa shape index (κ3) is 5.15. The summed E-state index contributed by atoms with van der Waals surface area (Å²) in [6.45, 7) is -0.137. The summed E-state index contributed by atoms with van der Waals surface area (Å²) in [5.74, 6) is -0.434. The molecule has 5 nitrogen and oxygen atoms in total. The Balaban J connectivity index is 1.98. The average Bonchev–Trinajstić information content (AvgIpc) is 2.97. The van der Waals surface area contributed by atoms with Gasteiger partial charge in [0.25, 0.3) is 0 Å². The number of halogens is 3. The molecule has 0 aliphatic heterocycles. The lowest BCUT2D eigenvalue weighted by Crippen LogP contribution is -2.28. The Labute approximate surface area is 125 Å². The van der Waals surface area contributed by atoms with Crippen molar-refractivity contribution in [3.8, 4) is 11.3 Å². The van der Waals surface area contributed by atoms with Gasteiger partial charge in [0.1, 0.15) is 5.76 Å². The van der Waals surface area contributed by atoms with E-state index >= 15 is 0 Å². The maximum absolute atomic E-state index is 12.0. The molecule has 0 amide bonds. The van der Waals surface area contributed by atoms with E-state index in [9.17, 15) is 21.6 Å². The summed E-state index contributed by atoms with van der Waals surface area (Å²) < 4.78 is 66.5. The molecule has 9 heteroatoms. The predicted molar refractivity (Wildman–Crippen MR) is 73.2 cm³/mol. The number of nitrogens with one attached hydrogen (secondary N) is 1. The average molecular weight is 334 g/mol. The Hall–Kier alpha value is -1.87. The van der Waals surface area contributed by atoms with Crippen LogP contribution in [0, 0.1) is 0 Å². The molecule has 0 atom stereocenters. The second-order valence-electron chi connectivity index (χ2n) is 4.56. The van der Waals surface area contributed by atoms with E-state index in [4.69, 9.17) is 4.42 Å². The number of hydrogen-bond acceptors (Lipinski definition) is 4. The van der Waals surface area contributed by atoms with E-state index in [2.05, 4.69) is 9.71 Å². The highest BCUT2D eigenvalue weighted by Crippen LogP contribution is 2.21. The molecule has 0 saturated carbocycles. The normalized spacial score (nSPS) is 12.5. The van der Waals surface area contributed by atoms with Crippen LogP contribution < -0.4 is 4.72 Å². The predicted octanol–water partition coefficient (Wildman–Crippen LogP) is 2.71. The maximum Gasteiger partial charge on any atom is 0.390 e. The van der Waals surface area contributed by atoms with Gasteiger partial charge in [-0.05, 0) is 23.8 Å². The lowest BCUT2D eigenvalue weighted by molar-refractivity contribution is -0.129. The third-order valence-electron chi connectivity index (χ3n) is 2.75. The smallest absolute Gasteiger partial charge is 0.390 e. The van der Waals surface area contributed by atoms with Crippen molar-refractivity contribution in [3.05, 3.63) is 42.4 Å². The Morgan fingerprint density at radius 1 is 1.27 bits per heavy atom. The maximum atomic E-state index is 12.0. The molecular formula is C13H13F3N2O3S. The molecule has 0 saturated heterocycles. The van der Waals surface area contributed by atoms with Gasteiger partial charge in [0.15, 0.2) is 0 Å². The highest BCUT2D eigenvalue weighted by atomic mass is 32.2. The molecular weight excluding hydrogens is 321 g/mol. The van der Waals surface area contributed by atoms with Gasteiger partial charge in [0.2, 0.25) is 10.0 Å². The van der Waals surface area contributed by atoms with Crippen LogP contribution in [-0.4, -0.2) is 25.3 Å². The van der Waals surface area contributed by atoms with E-state index in [1.165, 1.54) is 12.5 Å². The largest absolute Gasteiger partial charge is 0.464 e. The molecule has 0 unspecified atom stereocenters. The van der Waals surface area contributed by atoms with Gasteiger partial charge in [0, 0.05) is 24.5 Å². The van der Waals surface area contributed by atoms with E-state index in [1.54, 1.807) is 24.4 Å². The van der Waals surface area contributed by atoms with Crippen LogP contribution in [0.2, 0.25) is 0 Å². The van der Waals surface area contributed by atoms with Gasteiger partial charge in [0.05, 0.1) is 18.4 Å². The first-order chi connectivity index (χ1) is 10.3. The standard InChI is InChI=1S/C13H13F3N2O3S/c14-13(15,16)3-5-22(19,20)18-8-10-6-11(9-17-7-10)12-2-1-4-21-12/h1-2,4,6-7,9,18H,3,5,8H2. The number of aromatic nitrogens is 1. The van der Waals surface area contributed by atoms with E-state index in [0.29, 0.717) is 16.9 Å². The highest BCUT2D eigenvalue weighted by molar-refractivity contribution is 7.89. The number of pyridine rings is 1. The number of furan rings is 1. The SMILES string of the molecule is O=S(=O)(CCC(F)(F)F)NCc1cncc(-c2ccco2)c1. The molecule has 2 heterocycles. The Morgan fingerprint density at radius 2 is 2.05 bits per heavy atom. The summed E-state index contributed by atoms with van der Waals surface area (Å²) in [4.78, 5) is 3.95. The van der Waals surface area contributed by atoms with Crippen LogP contribution in [0.25, 0.3) is 11.3 Å². The fraction of sp³-hybridized carbons (Fsp3) is 0.308. The van der Waals surface area contributed by atoms with Crippen molar-refractivity contribution in [3.63, 3.8) is 0 Å².